The Morgan fingerprint density at radius 3 is 2.28 bits per heavy atom. The van der Waals surface area contributed by atoms with Gasteiger partial charge in [0.2, 0.25) is 0 Å². The Kier molecular flexibility index (Phi) is 12.4. The van der Waals surface area contributed by atoms with Gasteiger partial charge in [0.05, 0.1) is 25.7 Å². The second-order valence-corrected chi connectivity index (χ2v) is 7.60. The van der Waals surface area contributed by atoms with Crippen LogP contribution in [-0.4, -0.2) is 78.1 Å². The minimum atomic E-state index is -1.43. The van der Waals surface area contributed by atoms with Gasteiger partial charge in [0.25, 0.3) is 0 Å². The third-order valence-corrected chi connectivity index (χ3v) is 5.17. The van der Waals surface area contributed by atoms with Crippen molar-refractivity contribution in [2.45, 2.75) is 103 Å². The predicted molar refractivity (Wildman–Crippen MR) is 112 cm³/mol. The Labute approximate surface area is 188 Å². The van der Waals surface area contributed by atoms with Crippen LogP contribution in [0.3, 0.4) is 0 Å². The molecule has 184 valence electrons. The zero-order valence-electron chi connectivity index (χ0n) is 19.4. The van der Waals surface area contributed by atoms with Gasteiger partial charge in [-0.25, -0.2) is 4.79 Å². The average Bonchev–Trinajstić information content (AvgIpc) is 2.76. The van der Waals surface area contributed by atoms with Crippen LogP contribution in [0.15, 0.2) is 12.2 Å². The van der Waals surface area contributed by atoms with Crippen LogP contribution in [0.2, 0.25) is 0 Å². The van der Waals surface area contributed by atoms with E-state index in [9.17, 15) is 24.6 Å². The maximum atomic E-state index is 12.4. The Balaban J connectivity index is 2.77. The SMILES string of the molecule is CC=CC(=O)OC1C(OC(CC)CC(=O)OC(CC)CCC(=O)OC)OC(C)C(O)C1O. The molecule has 0 aromatic rings. The molecule has 1 rings (SSSR count). The second kappa shape index (κ2) is 14.2. The first-order valence-corrected chi connectivity index (χ1v) is 10.9. The smallest absolute Gasteiger partial charge is 0.330 e. The fourth-order valence-electron chi connectivity index (χ4n) is 3.17. The van der Waals surface area contributed by atoms with Gasteiger partial charge in [-0.05, 0) is 33.1 Å². The first-order chi connectivity index (χ1) is 15.2. The summed E-state index contributed by atoms with van der Waals surface area (Å²) in [6.07, 6.45) is -3.04. The molecular weight excluding hydrogens is 424 g/mol. The van der Waals surface area contributed by atoms with Gasteiger partial charge in [-0.2, -0.15) is 0 Å². The van der Waals surface area contributed by atoms with Gasteiger partial charge in [0.15, 0.2) is 12.4 Å². The lowest BCUT2D eigenvalue weighted by Gasteiger charge is -2.41. The van der Waals surface area contributed by atoms with Crippen molar-refractivity contribution in [3.63, 3.8) is 0 Å². The standard InChI is InChI=1S/C22H36O10/c1-6-9-17(24)32-21-20(27)19(26)13(4)29-22(21)31-15(8-3)12-18(25)30-14(7-2)10-11-16(23)28-5/h6,9,13-15,19-22,26-27H,7-8,10-12H2,1-5H3. The van der Waals surface area contributed by atoms with Crippen molar-refractivity contribution in [3.05, 3.63) is 12.2 Å². The number of methoxy groups -OCH3 is 1. The Bertz CT molecular complexity index is 634. The van der Waals surface area contributed by atoms with Crippen molar-refractivity contribution < 1.29 is 48.3 Å². The highest BCUT2D eigenvalue weighted by atomic mass is 16.7. The molecule has 7 unspecified atom stereocenters. The summed E-state index contributed by atoms with van der Waals surface area (Å²) >= 11 is 0. The molecule has 2 N–H and O–H groups in total. The molecular formula is C22H36O10. The fraction of sp³-hybridized carbons (Fsp3) is 0.773. The summed E-state index contributed by atoms with van der Waals surface area (Å²) < 4.78 is 26.7. The molecule has 10 nitrogen and oxygen atoms in total. The molecule has 0 spiro atoms. The molecule has 0 radical (unpaired) electrons. The lowest BCUT2D eigenvalue weighted by Crippen LogP contribution is -2.59. The maximum Gasteiger partial charge on any atom is 0.330 e. The Morgan fingerprint density at radius 2 is 1.72 bits per heavy atom. The number of hydrogen-bond acceptors (Lipinski definition) is 10. The number of allylic oxidation sites excluding steroid dienone is 1. The minimum absolute atomic E-state index is 0.104. The van der Waals surface area contributed by atoms with E-state index >= 15 is 0 Å². The van der Waals surface area contributed by atoms with Crippen LogP contribution in [0.1, 0.15) is 59.8 Å². The molecule has 1 heterocycles. The van der Waals surface area contributed by atoms with Crippen molar-refractivity contribution >= 4 is 17.9 Å². The van der Waals surface area contributed by atoms with E-state index in [0.29, 0.717) is 19.3 Å². The second-order valence-electron chi connectivity index (χ2n) is 7.60. The molecule has 32 heavy (non-hydrogen) atoms. The van der Waals surface area contributed by atoms with Crippen molar-refractivity contribution in [3.8, 4) is 0 Å². The number of ether oxygens (including phenoxy) is 5. The third kappa shape index (κ3) is 8.85. The number of carbonyl (C=O) groups excluding carboxylic acids is 3. The monoisotopic (exact) mass is 460 g/mol. The van der Waals surface area contributed by atoms with Gasteiger partial charge in [0, 0.05) is 12.5 Å². The van der Waals surface area contributed by atoms with E-state index in [0.717, 1.165) is 0 Å². The molecule has 0 amide bonds. The number of hydrogen-bond donors (Lipinski definition) is 2. The van der Waals surface area contributed by atoms with E-state index < -0.39 is 54.9 Å². The zero-order chi connectivity index (χ0) is 24.3. The summed E-state index contributed by atoms with van der Waals surface area (Å²) in [6, 6.07) is 0. The molecule has 7 atom stereocenters. The van der Waals surface area contributed by atoms with Gasteiger partial charge >= 0.3 is 17.9 Å². The maximum absolute atomic E-state index is 12.4. The Morgan fingerprint density at radius 1 is 1.06 bits per heavy atom. The number of aliphatic hydroxyl groups is 2. The first-order valence-electron chi connectivity index (χ1n) is 10.9. The molecule has 1 saturated heterocycles. The summed E-state index contributed by atoms with van der Waals surface area (Å²) in [5.41, 5.74) is 0. The van der Waals surface area contributed by atoms with Crippen molar-refractivity contribution in [2.24, 2.45) is 0 Å². The van der Waals surface area contributed by atoms with Crippen molar-refractivity contribution in [1.82, 2.24) is 0 Å². The molecule has 0 aliphatic carbocycles. The fourth-order valence-corrected chi connectivity index (χ4v) is 3.17. The highest BCUT2D eigenvalue weighted by Gasteiger charge is 2.46. The number of rotatable bonds is 12. The summed E-state index contributed by atoms with van der Waals surface area (Å²) in [6.45, 7) is 6.82. The lowest BCUT2D eigenvalue weighted by atomic mass is 9.99. The number of carbonyl (C=O) groups is 3. The van der Waals surface area contributed by atoms with Gasteiger partial charge in [-0.15, -0.1) is 0 Å². The van der Waals surface area contributed by atoms with Crippen LogP contribution in [0.5, 0.6) is 0 Å². The first kappa shape index (κ1) is 28.0. The van der Waals surface area contributed by atoms with E-state index in [1.165, 1.54) is 19.3 Å². The summed E-state index contributed by atoms with van der Waals surface area (Å²) in [7, 11) is 1.30. The molecule has 0 aromatic carbocycles. The highest BCUT2D eigenvalue weighted by molar-refractivity contribution is 5.82. The predicted octanol–water partition coefficient (Wildman–Crippen LogP) is 1.40. The summed E-state index contributed by atoms with van der Waals surface area (Å²) in [4.78, 5) is 35.6. The van der Waals surface area contributed by atoms with E-state index in [-0.39, 0.29) is 18.8 Å². The van der Waals surface area contributed by atoms with Crippen LogP contribution in [0.25, 0.3) is 0 Å². The van der Waals surface area contributed by atoms with Crippen LogP contribution < -0.4 is 0 Å². The highest BCUT2D eigenvalue weighted by Crippen LogP contribution is 2.27. The van der Waals surface area contributed by atoms with Crippen LogP contribution in [0, 0.1) is 0 Å². The topological polar surface area (TPSA) is 138 Å². The molecule has 1 aliphatic rings. The molecule has 0 aromatic heterocycles. The van der Waals surface area contributed by atoms with Crippen LogP contribution in [0.4, 0.5) is 0 Å². The van der Waals surface area contributed by atoms with Gasteiger partial charge in [0.1, 0.15) is 18.3 Å². The van der Waals surface area contributed by atoms with E-state index in [1.807, 2.05) is 6.92 Å². The minimum Gasteiger partial charge on any atom is -0.469 e. The van der Waals surface area contributed by atoms with E-state index in [4.69, 9.17) is 18.9 Å². The average molecular weight is 461 g/mol. The van der Waals surface area contributed by atoms with E-state index in [2.05, 4.69) is 4.74 Å². The van der Waals surface area contributed by atoms with Gasteiger partial charge < -0.3 is 33.9 Å². The van der Waals surface area contributed by atoms with Crippen molar-refractivity contribution in [2.75, 3.05) is 7.11 Å². The summed E-state index contributed by atoms with van der Waals surface area (Å²) in [5.74, 6) is -1.61. The molecule has 1 aliphatic heterocycles. The number of esters is 3. The number of aliphatic hydroxyl groups excluding tert-OH is 2. The zero-order valence-corrected chi connectivity index (χ0v) is 19.4. The van der Waals surface area contributed by atoms with Crippen LogP contribution in [-0.2, 0) is 38.1 Å². The molecule has 10 heteroatoms. The molecule has 0 bridgehead atoms. The normalized spacial score (nSPS) is 27.5. The largest absolute Gasteiger partial charge is 0.469 e. The van der Waals surface area contributed by atoms with Crippen molar-refractivity contribution in [1.29, 1.82) is 0 Å². The summed E-state index contributed by atoms with van der Waals surface area (Å²) in [5, 5.41) is 20.5. The van der Waals surface area contributed by atoms with Crippen LogP contribution >= 0.6 is 0 Å². The van der Waals surface area contributed by atoms with Gasteiger partial charge in [-0.3, -0.25) is 9.59 Å². The Hall–Kier alpha value is -2.01. The molecule has 1 fully saturated rings. The lowest BCUT2D eigenvalue weighted by molar-refractivity contribution is -0.306. The third-order valence-electron chi connectivity index (χ3n) is 5.17. The molecule has 0 saturated carbocycles. The van der Waals surface area contributed by atoms with E-state index in [1.54, 1.807) is 20.8 Å². The van der Waals surface area contributed by atoms with Gasteiger partial charge in [-0.1, -0.05) is 19.9 Å². The quantitative estimate of drug-likeness (QED) is 0.250.